The van der Waals surface area contributed by atoms with Crippen LogP contribution >= 0.6 is 15.9 Å². The van der Waals surface area contributed by atoms with Gasteiger partial charge in [-0.15, -0.1) is 0 Å². The smallest absolute Gasteiger partial charge is 0.227 e. The number of hydrogen-bond donors (Lipinski definition) is 0. The van der Waals surface area contributed by atoms with Crippen molar-refractivity contribution in [3.63, 3.8) is 0 Å². The largest absolute Gasteiger partial charge is 0.370 e. The molecule has 2 aliphatic rings. The second-order valence-corrected chi connectivity index (χ2v) is 10.2. The van der Waals surface area contributed by atoms with Gasteiger partial charge in [0.05, 0.1) is 24.8 Å². The van der Waals surface area contributed by atoms with E-state index in [1.807, 2.05) is 36.1 Å². The Hall–Kier alpha value is -0.960. The molecule has 2 fully saturated rings. The van der Waals surface area contributed by atoms with Crippen molar-refractivity contribution >= 4 is 31.9 Å². The summed E-state index contributed by atoms with van der Waals surface area (Å²) in [6.45, 7) is 4.26. The number of amides is 1. The van der Waals surface area contributed by atoms with Gasteiger partial charge in [0.15, 0.2) is 0 Å². The third-order valence-electron chi connectivity index (χ3n) is 5.21. The summed E-state index contributed by atoms with van der Waals surface area (Å²) in [5, 5.41) is 0. The Morgan fingerprint density at radius 1 is 1.22 bits per heavy atom. The fourth-order valence-corrected chi connectivity index (χ4v) is 5.62. The summed E-state index contributed by atoms with van der Waals surface area (Å²) in [7, 11) is -3.25. The van der Waals surface area contributed by atoms with E-state index < -0.39 is 10.0 Å². The summed E-state index contributed by atoms with van der Waals surface area (Å²) in [5.74, 6) is -0.0530. The topological polar surface area (TPSA) is 66.9 Å². The summed E-state index contributed by atoms with van der Waals surface area (Å²) >= 11 is 3.43. The van der Waals surface area contributed by atoms with Gasteiger partial charge in [-0.3, -0.25) is 4.79 Å². The minimum absolute atomic E-state index is 0.0526. The molecule has 2 atom stereocenters. The van der Waals surface area contributed by atoms with E-state index in [2.05, 4.69) is 15.9 Å². The number of ether oxygens (including phenoxy) is 1. The normalized spacial score (nSPS) is 24.7. The van der Waals surface area contributed by atoms with Gasteiger partial charge in [0, 0.05) is 24.1 Å². The van der Waals surface area contributed by atoms with Crippen molar-refractivity contribution < 1.29 is 17.9 Å². The number of carbonyl (C=O) groups is 1. The van der Waals surface area contributed by atoms with E-state index in [1.54, 1.807) is 0 Å². The molecule has 3 rings (SSSR count). The van der Waals surface area contributed by atoms with Gasteiger partial charge in [0.1, 0.15) is 6.10 Å². The molecule has 1 aromatic carbocycles. The lowest BCUT2D eigenvalue weighted by atomic mass is 9.97. The fraction of sp³-hybridized carbons (Fsp3) is 0.632. The lowest BCUT2D eigenvalue weighted by Gasteiger charge is -2.38. The molecule has 1 aromatic rings. The fourth-order valence-electron chi connectivity index (χ4n) is 3.77. The maximum Gasteiger partial charge on any atom is 0.227 e. The predicted molar refractivity (Wildman–Crippen MR) is 108 cm³/mol. The number of carbonyl (C=O) groups excluding carboxylic acids is 1. The monoisotopic (exact) mass is 458 g/mol. The van der Waals surface area contributed by atoms with Gasteiger partial charge in [0.2, 0.25) is 15.9 Å². The highest BCUT2D eigenvalue weighted by atomic mass is 79.9. The van der Waals surface area contributed by atoms with Crippen molar-refractivity contribution in [1.82, 2.24) is 9.21 Å². The number of morpholine rings is 1. The molecule has 27 heavy (non-hydrogen) atoms. The third-order valence-corrected chi connectivity index (χ3v) is 7.78. The molecule has 2 aliphatic heterocycles. The van der Waals surface area contributed by atoms with Crippen molar-refractivity contribution in [3.8, 4) is 0 Å². The second kappa shape index (κ2) is 9.03. The molecule has 0 spiro atoms. The van der Waals surface area contributed by atoms with E-state index in [9.17, 15) is 13.2 Å². The molecule has 0 aromatic heterocycles. The van der Waals surface area contributed by atoms with E-state index in [1.165, 1.54) is 4.31 Å². The van der Waals surface area contributed by atoms with E-state index in [0.29, 0.717) is 39.2 Å². The van der Waals surface area contributed by atoms with Gasteiger partial charge in [0.25, 0.3) is 0 Å². The Kier molecular flexibility index (Phi) is 6.94. The van der Waals surface area contributed by atoms with Gasteiger partial charge in [-0.2, -0.15) is 0 Å². The summed E-state index contributed by atoms with van der Waals surface area (Å²) in [6, 6.07) is 7.94. The molecule has 2 heterocycles. The van der Waals surface area contributed by atoms with Crippen LogP contribution in [0.25, 0.3) is 0 Å². The molecular weight excluding hydrogens is 432 g/mol. The average molecular weight is 459 g/mol. The Morgan fingerprint density at radius 2 is 1.96 bits per heavy atom. The van der Waals surface area contributed by atoms with Crippen molar-refractivity contribution in [2.75, 3.05) is 38.5 Å². The Bertz CT molecular complexity index is 753. The lowest BCUT2D eigenvalue weighted by Crippen LogP contribution is -2.50. The molecule has 8 heteroatoms. The lowest BCUT2D eigenvalue weighted by molar-refractivity contribution is -0.144. The number of piperidine rings is 1. The van der Waals surface area contributed by atoms with Crippen LogP contribution in [0.3, 0.4) is 0 Å². The van der Waals surface area contributed by atoms with Gasteiger partial charge >= 0.3 is 0 Å². The zero-order valence-corrected chi connectivity index (χ0v) is 18.0. The molecule has 0 saturated carbocycles. The molecule has 1 amide bonds. The van der Waals surface area contributed by atoms with Crippen molar-refractivity contribution in [3.05, 3.63) is 34.3 Å². The number of nitrogens with zero attached hydrogens (tertiary/aromatic N) is 2. The quantitative estimate of drug-likeness (QED) is 0.680. The molecule has 0 aliphatic carbocycles. The number of rotatable bonds is 5. The van der Waals surface area contributed by atoms with E-state index in [0.717, 1.165) is 22.9 Å². The highest BCUT2D eigenvalue weighted by molar-refractivity contribution is 9.10. The molecule has 150 valence electrons. The van der Waals surface area contributed by atoms with Crippen LogP contribution in [0.2, 0.25) is 0 Å². The van der Waals surface area contributed by atoms with Gasteiger partial charge in [-0.1, -0.05) is 35.0 Å². The minimum Gasteiger partial charge on any atom is -0.370 e. The predicted octanol–water partition coefficient (Wildman–Crippen LogP) is 2.80. The van der Waals surface area contributed by atoms with Gasteiger partial charge < -0.3 is 9.64 Å². The Morgan fingerprint density at radius 3 is 2.67 bits per heavy atom. The molecular formula is C19H27BrN2O4S. The number of sulfonamides is 1. The van der Waals surface area contributed by atoms with Crippen LogP contribution in [-0.4, -0.2) is 62.1 Å². The molecule has 0 radical (unpaired) electrons. The first kappa shape index (κ1) is 20.8. The van der Waals surface area contributed by atoms with Crippen LogP contribution in [0.4, 0.5) is 0 Å². The van der Waals surface area contributed by atoms with Crippen LogP contribution < -0.4 is 0 Å². The van der Waals surface area contributed by atoms with Gasteiger partial charge in [-0.25, -0.2) is 12.7 Å². The summed E-state index contributed by atoms with van der Waals surface area (Å²) in [6.07, 6.45) is 1.94. The number of hydrogen-bond acceptors (Lipinski definition) is 4. The maximum atomic E-state index is 13.1. The van der Waals surface area contributed by atoms with Crippen molar-refractivity contribution in [1.29, 1.82) is 0 Å². The van der Waals surface area contributed by atoms with E-state index in [-0.39, 0.29) is 23.7 Å². The summed E-state index contributed by atoms with van der Waals surface area (Å²) in [4.78, 5) is 14.9. The second-order valence-electron chi connectivity index (χ2n) is 7.21. The molecule has 2 saturated heterocycles. The zero-order valence-electron chi connectivity index (χ0n) is 15.6. The molecule has 0 N–H and O–H groups in total. The van der Waals surface area contributed by atoms with Crippen LogP contribution in [0.1, 0.15) is 37.9 Å². The highest BCUT2D eigenvalue weighted by Crippen LogP contribution is 2.27. The van der Waals surface area contributed by atoms with Crippen molar-refractivity contribution in [2.45, 2.75) is 32.3 Å². The molecule has 0 bridgehead atoms. The highest BCUT2D eigenvalue weighted by Gasteiger charge is 2.35. The summed E-state index contributed by atoms with van der Waals surface area (Å²) in [5.41, 5.74) is 1.05. The molecule has 6 nitrogen and oxygen atoms in total. The minimum atomic E-state index is -3.25. The van der Waals surface area contributed by atoms with Crippen LogP contribution in [0, 0.1) is 5.92 Å². The SMILES string of the molecule is CCCS(=O)(=O)N1CCCC(C(=O)N2CCOC(c3ccc(Br)cc3)C2)C1. The third kappa shape index (κ3) is 5.10. The maximum absolute atomic E-state index is 13.1. The first-order chi connectivity index (χ1) is 12.9. The molecule has 2 unspecified atom stereocenters. The Labute approximate surface area is 170 Å². The summed E-state index contributed by atoms with van der Waals surface area (Å²) < 4.78 is 33.1. The van der Waals surface area contributed by atoms with E-state index >= 15 is 0 Å². The number of benzene rings is 1. The van der Waals surface area contributed by atoms with Crippen molar-refractivity contribution in [2.24, 2.45) is 5.92 Å². The first-order valence-corrected chi connectivity index (χ1v) is 11.9. The standard InChI is InChI=1S/C19H27BrN2O4S/c1-2-12-27(24,25)22-9-3-4-16(13-22)19(23)21-10-11-26-18(14-21)15-5-7-17(20)8-6-15/h5-8,16,18H,2-4,9-14H2,1H3. The number of halogens is 1. The Balaban J connectivity index is 1.65. The van der Waals surface area contributed by atoms with Crippen LogP contribution in [-0.2, 0) is 19.6 Å². The van der Waals surface area contributed by atoms with Crippen LogP contribution in [0.15, 0.2) is 28.7 Å². The van der Waals surface area contributed by atoms with Gasteiger partial charge in [-0.05, 0) is 37.0 Å². The average Bonchev–Trinajstić information content (AvgIpc) is 2.68. The van der Waals surface area contributed by atoms with E-state index in [4.69, 9.17) is 4.74 Å². The van der Waals surface area contributed by atoms with Crippen LogP contribution in [0.5, 0.6) is 0 Å². The zero-order chi connectivity index (χ0) is 19.4. The first-order valence-electron chi connectivity index (χ1n) is 9.54.